The smallest absolute Gasteiger partial charge is 0.238 e. The number of aromatic nitrogens is 3. The number of nitrogens with one attached hydrogen (secondary N) is 1. The molecule has 1 aromatic carbocycles. The molecule has 3 aromatic rings. The molecule has 9 nitrogen and oxygen atoms in total. The van der Waals surface area contributed by atoms with E-state index in [4.69, 9.17) is 9.56 Å². The second-order valence-corrected chi connectivity index (χ2v) is 9.98. The lowest BCUT2D eigenvalue weighted by molar-refractivity contribution is -0.115. The van der Waals surface area contributed by atoms with Crippen molar-refractivity contribution in [2.24, 2.45) is 11.1 Å². The number of hydrogen-bond donors (Lipinski definition) is 2. The van der Waals surface area contributed by atoms with Crippen molar-refractivity contribution in [2.45, 2.75) is 42.6 Å². The maximum Gasteiger partial charge on any atom is 0.238 e. The fraction of sp³-hybridized carbons (Fsp3) is 0.316. The predicted octanol–water partition coefficient (Wildman–Crippen LogP) is 2.96. The second-order valence-electron chi connectivity index (χ2n) is 7.11. The highest BCUT2D eigenvalue weighted by Crippen LogP contribution is 2.28. The Balaban J connectivity index is 1.77. The van der Waals surface area contributed by atoms with Gasteiger partial charge in [0.25, 0.3) is 0 Å². The van der Waals surface area contributed by atoms with E-state index in [1.165, 1.54) is 30.0 Å². The van der Waals surface area contributed by atoms with Crippen molar-refractivity contribution < 1.29 is 17.6 Å². The van der Waals surface area contributed by atoms with E-state index in [1.54, 1.807) is 25.3 Å². The Hall–Kier alpha value is -2.63. The largest absolute Gasteiger partial charge is 0.461 e. The number of carbonyl (C=O) groups is 1. The minimum atomic E-state index is -3.85. The summed E-state index contributed by atoms with van der Waals surface area (Å²) in [7, 11) is -3.85. The molecule has 30 heavy (non-hydrogen) atoms. The lowest BCUT2D eigenvalue weighted by atomic mass is 10.2. The van der Waals surface area contributed by atoms with Crippen LogP contribution in [-0.2, 0) is 21.4 Å². The average molecular weight is 450 g/mol. The van der Waals surface area contributed by atoms with Gasteiger partial charge in [-0.1, -0.05) is 31.7 Å². The number of sulfonamides is 1. The maximum absolute atomic E-state index is 12.7. The Morgan fingerprint density at radius 1 is 1.23 bits per heavy atom. The van der Waals surface area contributed by atoms with Crippen molar-refractivity contribution >= 4 is 33.4 Å². The highest BCUT2D eigenvalue weighted by atomic mass is 32.2. The Kier molecular flexibility index (Phi) is 6.64. The van der Waals surface area contributed by atoms with Crippen molar-refractivity contribution in [3.8, 4) is 11.6 Å². The van der Waals surface area contributed by atoms with Crippen LogP contribution in [0, 0.1) is 5.92 Å². The minimum absolute atomic E-state index is 0.0691. The molecule has 3 rings (SSSR count). The molecule has 0 saturated carbocycles. The number of benzene rings is 1. The molecular weight excluding hydrogens is 426 g/mol. The summed E-state index contributed by atoms with van der Waals surface area (Å²) in [5.41, 5.74) is 0.346. The first-order chi connectivity index (χ1) is 14.1. The van der Waals surface area contributed by atoms with E-state index in [9.17, 15) is 13.2 Å². The van der Waals surface area contributed by atoms with E-state index >= 15 is 0 Å². The molecule has 2 heterocycles. The highest BCUT2D eigenvalue weighted by molar-refractivity contribution is 8.00. The molecule has 0 aliphatic rings. The first kappa shape index (κ1) is 22.1. The van der Waals surface area contributed by atoms with Crippen molar-refractivity contribution in [1.82, 2.24) is 14.8 Å². The number of carbonyl (C=O) groups excluding carboxylic acids is 1. The standard InChI is InChI=1S/C19H23N5O4S2/c1-12(2)11-24-17(16-8-5-9-28-16)22-23-19(24)29-13(3)18(25)21-14-6-4-7-15(10-14)30(20,26)27/h4-10,12-13H,11H2,1-3H3,(H,21,25)(H2,20,26,27)/t13-/m0/s1. The number of nitrogens with zero attached hydrogens (tertiary/aromatic N) is 3. The van der Waals surface area contributed by atoms with Gasteiger partial charge in [-0.05, 0) is 43.2 Å². The summed E-state index contributed by atoms with van der Waals surface area (Å²) in [6.07, 6.45) is 1.57. The molecule has 160 valence electrons. The van der Waals surface area contributed by atoms with Gasteiger partial charge in [-0.15, -0.1) is 10.2 Å². The van der Waals surface area contributed by atoms with Crippen LogP contribution >= 0.6 is 11.8 Å². The van der Waals surface area contributed by atoms with Crippen LogP contribution in [0.25, 0.3) is 11.6 Å². The van der Waals surface area contributed by atoms with Crippen LogP contribution in [-0.4, -0.2) is 34.3 Å². The third-order valence-electron chi connectivity index (χ3n) is 4.09. The molecule has 1 amide bonds. The van der Waals surface area contributed by atoms with Gasteiger partial charge in [-0.2, -0.15) is 0 Å². The molecule has 0 aliphatic heterocycles. The second kappa shape index (κ2) is 9.02. The van der Waals surface area contributed by atoms with E-state index < -0.39 is 15.3 Å². The van der Waals surface area contributed by atoms with Gasteiger partial charge in [0.1, 0.15) is 0 Å². The highest BCUT2D eigenvalue weighted by Gasteiger charge is 2.22. The average Bonchev–Trinajstić information content (AvgIpc) is 3.31. The molecule has 0 radical (unpaired) electrons. The van der Waals surface area contributed by atoms with E-state index in [0.29, 0.717) is 34.9 Å². The number of primary sulfonamides is 1. The van der Waals surface area contributed by atoms with Gasteiger partial charge in [0.05, 0.1) is 16.4 Å². The zero-order valence-corrected chi connectivity index (χ0v) is 18.4. The number of amides is 1. The number of rotatable bonds is 8. The van der Waals surface area contributed by atoms with Crippen LogP contribution in [0.5, 0.6) is 0 Å². The Morgan fingerprint density at radius 2 is 2.00 bits per heavy atom. The van der Waals surface area contributed by atoms with E-state index in [0.717, 1.165) is 0 Å². The fourth-order valence-electron chi connectivity index (χ4n) is 2.70. The Morgan fingerprint density at radius 3 is 2.63 bits per heavy atom. The first-order valence-electron chi connectivity index (χ1n) is 9.22. The van der Waals surface area contributed by atoms with E-state index in [-0.39, 0.29) is 10.8 Å². The lowest BCUT2D eigenvalue weighted by Gasteiger charge is -2.15. The summed E-state index contributed by atoms with van der Waals surface area (Å²) in [5, 5.41) is 16.4. The molecule has 0 saturated heterocycles. The summed E-state index contributed by atoms with van der Waals surface area (Å²) in [6, 6.07) is 9.39. The summed E-state index contributed by atoms with van der Waals surface area (Å²) in [4.78, 5) is 12.6. The molecule has 1 atom stereocenters. The molecule has 11 heteroatoms. The number of furan rings is 1. The summed E-state index contributed by atoms with van der Waals surface area (Å²) in [5.74, 6) is 1.24. The molecule has 0 fully saturated rings. The van der Waals surface area contributed by atoms with Crippen molar-refractivity contribution in [1.29, 1.82) is 0 Å². The molecule has 3 N–H and O–H groups in total. The molecular formula is C19H23N5O4S2. The van der Waals surface area contributed by atoms with Crippen LogP contribution < -0.4 is 10.5 Å². The van der Waals surface area contributed by atoms with Gasteiger partial charge in [0, 0.05) is 12.2 Å². The molecule has 0 spiro atoms. The quantitative estimate of drug-likeness (QED) is 0.505. The van der Waals surface area contributed by atoms with E-state index in [1.807, 2.05) is 10.6 Å². The topological polar surface area (TPSA) is 133 Å². The SMILES string of the molecule is CC(C)Cn1c(S[C@@H](C)C(=O)Nc2cccc(S(N)(=O)=O)c2)nnc1-c1ccco1. The molecule has 0 bridgehead atoms. The van der Waals surface area contributed by atoms with Gasteiger partial charge < -0.3 is 9.73 Å². The lowest BCUT2D eigenvalue weighted by Crippen LogP contribution is -2.23. The van der Waals surface area contributed by atoms with Gasteiger partial charge in [-0.3, -0.25) is 9.36 Å². The van der Waals surface area contributed by atoms with Crippen molar-refractivity contribution in [2.75, 3.05) is 5.32 Å². The monoisotopic (exact) mass is 449 g/mol. The van der Waals surface area contributed by atoms with Crippen molar-refractivity contribution in [3.05, 3.63) is 42.7 Å². The fourth-order valence-corrected chi connectivity index (χ4v) is 4.12. The normalized spacial score (nSPS) is 12.8. The van der Waals surface area contributed by atoms with Gasteiger partial charge in [0.2, 0.25) is 15.9 Å². The van der Waals surface area contributed by atoms with Gasteiger partial charge in [0.15, 0.2) is 16.7 Å². The van der Waals surface area contributed by atoms with Crippen LogP contribution in [0.4, 0.5) is 5.69 Å². The number of thioether (sulfide) groups is 1. The maximum atomic E-state index is 12.7. The third-order valence-corrected chi connectivity index (χ3v) is 6.08. The Bertz CT molecular complexity index is 1120. The van der Waals surface area contributed by atoms with Crippen LogP contribution in [0.3, 0.4) is 0 Å². The predicted molar refractivity (Wildman–Crippen MR) is 114 cm³/mol. The zero-order valence-electron chi connectivity index (χ0n) is 16.8. The number of anilines is 1. The number of nitrogens with two attached hydrogens (primary N) is 1. The third kappa shape index (κ3) is 5.29. The van der Waals surface area contributed by atoms with Crippen LogP contribution in [0.2, 0.25) is 0 Å². The van der Waals surface area contributed by atoms with E-state index in [2.05, 4.69) is 29.4 Å². The molecule has 2 aromatic heterocycles. The first-order valence-corrected chi connectivity index (χ1v) is 11.6. The van der Waals surface area contributed by atoms with Crippen LogP contribution in [0.15, 0.2) is 57.1 Å². The van der Waals surface area contributed by atoms with Gasteiger partial charge in [-0.25, -0.2) is 13.6 Å². The summed E-state index contributed by atoms with van der Waals surface area (Å²) < 4.78 is 30.4. The van der Waals surface area contributed by atoms with Crippen molar-refractivity contribution in [3.63, 3.8) is 0 Å². The molecule has 0 aliphatic carbocycles. The van der Waals surface area contributed by atoms with Gasteiger partial charge >= 0.3 is 0 Å². The number of hydrogen-bond acceptors (Lipinski definition) is 7. The zero-order chi connectivity index (χ0) is 21.9. The molecule has 0 unspecified atom stereocenters. The summed E-state index contributed by atoms with van der Waals surface area (Å²) >= 11 is 1.26. The summed E-state index contributed by atoms with van der Waals surface area (Å²) in [6.45, 7) is 6.56. The Labute approximate surface area is 179 Å². The van der Waals surface area contributed by atoms with Crippen LogP contribution in [0.1, 0.15) is 20.8 Å². The minimum Gasteiger partial charge on any atom is -0.461 e.